The second-order valence-electron chi connectivity index (χ2n) is 2.46. The minimum absolute atomic E-state index is 1.19. The number of nitrogens with zero attached hydrogens (tertiary/aromatic N) is 1. The van der Waals surface area contributed by atoms with Crippen LogP contribution in [0.5, 0.6) is 0 Å². The first-order valence-corrected chi connectivity index (χ1v) is 3.82. The van der Waals surface area contributed by atoms with Crippen LogP contribution in [0.15, 0.2) is 24.5 Å². The van der Waals surface area contributed by atoms with Crippen molar-refractivity contribution in [1.29, 1.82) is 0 Å². The van der Waals surface area contributed by atoms with E-state index in [2.05, 4.69) is 23.9 Å². The summed E-state index contributed by atoms with van der Waals surface area (Å²) >= 11 is 0. The summed E-state index contributed by atoms with van der Waals surface area (Å²) in [6, 6.07) is 4.16. The number of aryl methyl sites for hydroxylation is 1. The van der Waals surface area contributed by atoms with Crippen molar-refractivity contribution < 1.29 is 0 Å². The van der Waals surface area contributed by atoms with Crippen LogP contribution in [0, 0.1) is 0 Å². The van der Waals surface area contributed by atoms with Crippen LogP contribution in [0.3, 0.4) is 0 Å². The second kappa shape index (κ2) is 4.10. The molecule has 0 aromatic carbocycles. The van der Waals surface area contributed by atoms with Crippen LogP contribution in [-0.2, 0) is 6.42 Å². The summed E-state index contributed by atoms with van der Waals surface area (Å²) < 4.78 is 0. The van der Waals surface area contributed by atoms with Gasteiger partial charge in [0, 0.05) is 12.4 Å². The summed E-state index contributed by atoms with van der Waals surface area (Å²) in [7, 11) is 1.27. The zero-order valence-corrected chi connectivity index (χ0v) is 6.38. The minimum atomic E-state index is 1.19. The molecule has 2 heteroatoms. The largest absolute Gasteiger partial charge is 0.265 e. The van der Waals surface area contributed by atoms with Crippen LogP contribution < -0.4 is 0 Å². The standard InChI is InChI=1S/C8H12BN/c1-9-5-2-8-3-6-10-7-4-8/h3-4,6-7,9H,2,5H2,1H3. The smallest absolute Gasteiger partial charge is 0.117 e. The zero-order chi connectivity index (χ0) is 7.23. The molecule has 10 heavy (non-hydrogen) atoms. The van der Waals surface area contributed by atoms with Gasteiger partial charge in [-0.15, -0.1) is 0 Å². The van der Waals surface area contributed by atoms with Gasteiger partial charge in [-0.2, -0.15) is 0 Å². The van der Waals surface area contributed by atoms with Crippen molar-refractivity contribution >= 4 is 7.28 Å². The van der Waals surface area contributed by atoms with E-state index in [0.717, 1.165) is 0 Å². The lowest BCUT2D eigenvalue weighted by Gasteiger charge is -1.95. The summed E-state index contributed by atoms with van der Waals surface area (Å²) in [4.78, 5) is 3.95. The Kier molecular flexibility index (Phi) is 3.00. The Bertz CT molecular complexity index is 174. The Morgan fingerprint density at radius 3 is 2.70 bits per heavy atom. The van der Waals surface area contributed by atoms with Crippen LogP contribution in [0.25, 0.3) is 0 Å². The first-order chi connectivity index (χ1) is 4.93. The van der Waals surface area contributed by atoms with Crippen molar-refractivity contribution in [2.75, 3.05) is 0 Å². The lowest BCUT2D eigenvalue weighted by atomic mass is 9.76. The topological polar surface area (TPSA) is 12.9 Å². The lowest BCUT2D eigenvalue weighted by molar-refractivity contribution is 1.11. The molecule has 0 N–H and O–H groups in total. The molecule has 1 nitrogen and oxygen atoms in total. The normalized spacial score (nSPS) is 9.30. The highest BCUT2D eigenvalue weighted by Gasteiger charge is 1.88. The molecule has 0 aliphatic rings. The summed E-state index contributed by atoms with van der Waals surface area (Å²) in [5, 5.41) is 0. The summed E-state index contributed by atoms with van der Waals surface area (Å²) in [5.41, 5.74) is 1.40. The van der Waals surface area contributed by atoms with Gasteiger partial charge in [0.15, 0.2) is 0 Å². The third-order valence-corrected chi connectivity index (χ3v) is 1.57. The van der Waals surface area contributed by atoms with E-state index in [1.54, 1.807) is 0 Å². The zero-order valence-electron chi connectivity index (χ0n) is 6.38. The molecule has 0 atom stereocenters. The molecule has 1 rings (SSSR count). The Hall–Kier alpha value is -0.785. The van der Waals surface area contributed by atoms with E-state index >= 15 is 0 Å². The number of hydrogen-bond donors (Lipinski definition) is 0. The van der Waals surface area contributed by atoms with Gasteiger partial charge in [-0.1, -0.05) is 13.1 Å². The fourth-order valence-corrected chi connectivity index (χ4v) is 0.930. The van der Waals surface area contributed by atoms with Gasteiger partial charge in [0.1, 0.15) is 7.28 Å². The van der Waals surface area contributed by atoms with Crippen LogP contribution in [0.4, 0.5) is 0 Å². The third kappa shape index (κ3) is 2.22. The highest BCUT2D eigenvalue weighted by atomic mass is 14.6. The second-order valence-corrected chi connectivity index (χ2v) is 2.46. The van der Waals surface area contributed by atoms with E-state index in [1.165, 1.54) is 25.6 Å². The van der Waals surface area contributed by atoms with Gasteiger partial charge >= 0.3 is 0 Å². The lowest BCUT2D eigenvalue weighted by Crippen LogP contribution is -1.87. The molecule has 52 valence electrons. The van der Waals surface area contributed by atoms with Crippen molar-refractivity contribution in [2.45, 2.75) is 19.6 Å². The fraction of sp³-hybridized carbons (Fsp3) is 0.375. The quantitative estimate of drug-likeness (QED) is 0.569. The molecule has 0 fully saturated rings. The molecular weight excluding hydrogens is 121 g/mol. The van der Waals surface area contributed by atoms with E-state index in [9.17, 15) is 0 Å². The minimum Gasteiger partial charge on any atom is -0.265 e. The summed E-state index contributed by atoms with van der Waals surface area (Å²) in [5.74, 6) is 0. The van der Waals surface area contributed by atoms with Gasteiger partial charge in [0.05, 0.1) is 0 Å². The maximum absolute atomic E-state index is 3.95. The first kappa shape index (κ1) is 7.32. The number of pyridine rings is 1. The average Bonchev–Trinajstić information content (AvgIpc) is 2.03. The molecule has 1 aromatic heterocycles. The van der Waals surface area contributed by atoms with E-state index in [1.807, 2.05) is 12.4 Å². The molecular formula is C8H12BN. The molecule has 1 heterocycles. The van der Waals surface area contributed by atoms with Gasteiger partial charge in [-0.25, -0.2) is 0 Å². The van der Waals surface area contributed by atoms with Gasteiger partial charge in [0.2, 0.25) is 0 Å². The van der Waals surface area contributed by atoms with Gasteiger partial charge in [-0.3, -0.25) is 4.98 Å². The molecule has 0 saturated heterocycles. The highest BCUT2D eigenvalue weighted by Crippen LogP contribution is 1.99. The molecule has 0 aliphatic heterocycles. The predicted molar refractivity (Wildman–Crippen MR) is 45.8 cm³/mol. The van der Waals surface area contributed by atoms with Crippen LogP contribution in [0.2, 0.25) is 13.1 Å². The van der Waals surface area contributed by atoms with Gasteiger partial charge in [-0.05, 0) is 24.1 Å². The number of hydrogen-bond acceptors (Lipinski definition) is 1. The van der Waals surface area contributed by atoms with Crippen molar-refractivity contribution in [1.82, 2.24) is 4.98 Å². The van der Waals surface area contributed by atoms with Crippen LogP contribution >= 0.6 is 0 Å². The Balaban J connectivity index is 2.43. The summed E-state index contributed by atoms with van der Waals surface area (Å²) in [6.45, 7) is 2.21. The van der Waals surface area contributed by atoms with E-state index in [-0.39, 0.29) is 0 Å². The molecule has 0 saturated carbocycles. The van der Waals surface area contributed by atoms with Gasteiger partial charge < -0.3 is 0 Å². The van der Waals surface area contributed by atoms with Crippen molar-refractivity contribution in [3.63, 3.8) is 0 Å². The van der Waals surface area contributed by atoms with E-state index in [0.29, 0.717) is 0 Å². The average molecular weight is 133 g/mol. The maximum atomic E-state index is 3.95. The van der Waals surface area contributed by atoms with Crippen molar-refractivity contribution in [3.05, 3.63) is 30.1 Å². The number of rotatable bonds is 3. The summed E-state index contributed by atoms with van der Waals surface area (Å²) in [6.07, 6.45) is 6.18. The highest BCUT2D eigenvalue weighted by molar-refractivity contribution is 6.33. The number of aromatic nitrogens is 1. The third-order valence-electron chi connectivity index (χ3n) is 1.57. The van der Waals surface area contributed by atoms with Crippen molar-refractivity contribution in [3.8, 4) is 0 Å². The van der Waals surface area contributed by atoms with Crippen LogP contribution in [-0.4, -0.2) is 12.3 Å². The molecule has 0 bridgehead atoms. The monoisotopic (exact) mass is 133 g/mol. The fourth-order valence-electron chi connectivity index (χ4n) is 0.930. The Labute approximate surface area is 62.7 Å². The van der Waals surface area contributed by atoms with E-state index < -0.39 is 0 Å². The maximum Gasteiger partial charge on any atom is 0.117 e. The SMILES string of the molecule is CBCCc1ccncc1. The molecule has 0 radical (unpaired) electrons. The first-order valence-electron chi connectivity index (χ1n) is 3.82. The predicted octanol–water partition coefficient (Wildman–Crippen LogP) is 1.53. The molecule has 0 unspecified atom stereocenters. The molecule has 1 aromatic rings. The Morgan fingerprint density at radius 1 is 1.40 bits per heavy atom. The van der Waals surface area contributed by atoms with Crippen molar-refractivity contribution in [2.24, 2.45) is 0 Å². The Morgan fingerprint density at radius 2 is 2.10 bits per heavy atom. The van der Waals surface area contributed by atoms with Gasteiger partial charge in [0.25, 0.3) is 0 Å². The molecule has 0 spiro atoms. The van der Waals surface area contributed by atoms with E-state index in [4.69, 9.17) is 0 Å². The molecule has 0 aliphatic carbocycles. The molecule has 0 amide bonds. The van der Waals surface area contributed by atoms with Crippen LogP contribution in [0.1, 0.15) is 5.56 Å².